The third-order valence-electron chi connectivity index (χ3n) is 2.00. The Hall–Kier alpha value is -0.860. The van der Waals surface area contributed by atoms with Crippen LogP contribution in [0, 0.1) is 5.92 Å². The van der Waals surface area contributed by atoms with Crippen molar-refractivity contribution in [2.75, 3.05) is 0 Å². The maximum absolute atomic E-state index is 10.9. The van der Waals surface area contributed by atoms with Crippen LogP contribution in [0.1, 0.15) is 26.7 Å². The van der Waals surface area contributed by atoms with Crippen molar-refractivity contribution >= 4 is 11.8 Å². The fourth-order valence-corrected chi connectivity index (χ4v) is 1.25. The van der Waals surface area contributed by atoms with E-state index in [1.165, 1.54) is 0 Å². The molecule has 2 atom stereocenters. The number of carbonyl (C=O) groups excluding carboxylic acids is 2. The minimum absolute atomic E-state index is 0.167. The summed E-state index contributed by atoms with van der Waals surface area (Å²) >= 11 is 0. The topological polar surface area (TPSA) is 43.4 Å². The van der Waals surface area contributed by atoms with Gasteiger partial charge < -0.3 is 4.74 Å². The van der Waals surface area contributed by atoms with Gasteiger partial charge in [0.1, 0.15) is 6.10 Å². The number of ketones is 1. The zero-order chi connectivity index (χ0) is 8.43. The van der Waals surface area contributed by atoms with Gasteiger partial charge in [0.15, 0.2) is 0 Å². The molecule has 1 saturated heterocycles. The number of ether oxygens (including phenoxy) is 1. The smallest absolute Gasteiger partial charge is 0.375 e. The maximum Gasteiger partial charge on any atom is 0.375 e. The Kier molecular flexibility index (Phi) is 2.27. The van der Waals surface area contributed by atoms with Gasteiger partial charge in [-0.3, -0.25) is 4.79 Å². The fourth-order valence-electron chi connectivity index (χ4n) is 1.25. The number of hydrogen-bond donors (Lipinski definition) is 0. The molecule has 2 unspecified atom stereocenters. The Morgan fingerprint density at radius 1 is 1.45 bits per heavy atom. The quantitative estimate of drug-likeness (QED) is 0.441. The summed E-state index contributed by atoms with van der Waals surface area (Å²) in [4.78, 5) is 21.6. The molecule has 1 aliphatic heterocycles. The molecule has 0 aromatic heterocycles. The Bertz CT molecular complexity index is 186. The second-order valence-corrected chi connectivity index (χ2v) is 2.89. The van der Waals surface area contributed by atoms with E-state index in [0.717, 1.165) is 12.8 Å². The van der Waals surface area contributed by atoms with Crippen LogP contribution in [-0.2, 0) is 14.3 Å². The number of esters is 1. The highest BCUT2D eigenvalue weighted by Gasteiger charge is 2.39. The molecule has 1 fully saturated rings. The Morgan fingerprint density at radius 2 is 2.09 bits per heavy atom. The average molecular weight is 156 g/mol. The van der Waals surface area contributed by atoms with Crippen LogP contribution in [-0.4, -0.2) is 17.9 Å². The SMILES string of the molecule is CCCC1OC(=O)C(=O)C1C. The maximum atomic E-state index is 10.9. The van der Waals surface area contributed by atoms with Gasteiger partial charge >= 0.3 is 5.97 Å². The lowest BCUT2D eigenvalue weighted by atomic mass is 9.99. The van der Waals surface area contributed by atoms with Crippen molar-refractivity contribution in [3.05, 3.63) is 0 Å². The van der Waals surface area contributed by atoms with Crippen LogP contribution in [0.15, 0.2) is 0 Å². The summed E-state index contributed by atoms with van der Waals surface area (Å²) in [6, 6.07) is 0. The van der Waals surface area contributed by atoms with Crippen LogP contribution < -0.4 is 0 Å². The number of cyclic esters (lactones) is 1. The minimum Gasteiger partial charge on any atom is -0.456 e. The summed E-state index contributed by atoms with van der Waals surface area (Å²) in [7, 11) is 0. The Labute approximate surface area is 65.7 Å². The monoisotopic (exact) mass is 156 g/mol. The van der Waals surface area contributed by atoms with Crippen LogP contribution in [0.5, 0.6) is 0 Å². The normalized spacial score (nSPS) is 30.7. The van der Waals surface area contributed by atoms with Crippen molar-refractivity contribution in [1.82, 2.24) is 0 Å². The molecule has 0 amide bonds. The van der Waals surface area contributed by atoms with Crippen LogP contribution in [0.3, 0.4) is 0 Å². The predicted molar refractivity (Wildman–Crippen MR) is 39.0 cm³/mol. The molecule has 3 nitrogen and oxygen atoms in total. The lowest BCUT2D eigenvalue weighted by molar-refractivity contribution is -0.149. The molecule has 0 aromatic rings. The van der Waals surface area contributed by atoms with E-state index in [-0.39, 0.29) is 17.8 Å². The molecule has 11 heavy (non-hydrogen) atoms. The van der Waals surface area contributed by atoms with Crippen LogP contribution in [0.25, 0.3) is 0 Å². The molecular formula is C8H12O3. The highest BCUT2D eigenvalue weighted by atomic mass is 16.6. The second kappa shape index (κ2) is 3.03. The van der Waals surface area contributed by atoms with Crippen molar-refractivity contribution < 1.29 is 14.3 Å². The summed E-state index contributed by atoms with van der Waals surface area (Å²) in [6.45, 7) is 3.75. The van der Waals surface area contributed by atoms with Gasteiger partial charge in [-0.15, -0.1) is 0 Å². The fraction of sp³-hybridized carbons (Fsp3) is 0.750. The lowest BCUT2D eigenvalue weighted by Crippen LogP contribution is -2.16. The van der Waals surface area contributed by atoms with E-state index in [2.05, 4.69) is 0 Å². The number of carbonyl (C=O) groups is 2. The van der Waals surface area contributed by atoms with Crippen molar-refractivity contribution in [1.29, 1.82) is 0 Å². The van der Waals surface area contributed by atoms with E-state index in [1.807, 2.05) is 6.92 Å². The molecule has 1 rings (SSSR count). The first kappa shape index (κ1) is 8.24. The molecule has 0 aliphatic carbocycles. The standard InChI is InChI=1S/C8H12O3/c1-3-4-6-5(2)7(9)8(10)11-6/h5-6H,3-4H2,1-2H3. The van der Waals surface area contributed by atoms with Crippen molar-refractivity contribution in [3.63, 3.8) is 0 Å². The summed E-state index contributed by atoms with van der Waals surface area (Å²) in [6.07, 6.45) is 1.56. The first-order chi connectivity index (χ1) is 5.16. The van der Waals surface area contributed by atoms with E-state index in [0.29, 0.717) is 0 Å². The predicted octanol–water partition coefficient (Wildman–Crippen LogP) is 0.917. The minimum atomic E-state index is -0.657. The number of rotatable bonds is 2. The van der Waals surface area contributed by atoms with Gasteiger partial charge in [-0.25, -0.2) is 4.79 Å². The Morgan fingerprint density at radius 3 is 2.45 bits per heavy atom. The lowest BCUT2D eigenvalue weighted by Gasteiger charge is -2.09. The molecule has 0 spiro atoms. The van der Waals surface area contributed by atoms with Gasteiger partial charge in [0.2, 0.25) is 5.78 Å². The third-order valence-corrected chi connectivity index (χ3v) is 2.00. The third kappa shape index (κ3) is 1.42. The number of hydrogen-bond acceptors (Lipinski definition) is 3. The van der Waals surface area contributed by atoms with Crippen molar-refractivity contribution in [2.45, 2.75) is 32.8 Å². The van der Waals surface area contributed by atoms with E-state index >= 15 is 0 Å². The van der Waals surface area contributed by atoms with Crippen LogP contribution in [0.4, 0.5) is 0 Å². The first-order valence-corrected chi connectivity index (χ1v) is 3.91. The van der Waals surface area contributed by atoms with Crippen LogP contribution in [0.2, 0.25) is 0 Å². The van der Waals surface area contributed by atoms with Crippen LogP contribution >= 0.6 is 0 Å². The molecule has 1 aliphatic rings. The molecule has 0 bridgehead atoms. The number of Topliss-reactive ketones (excluding diaryl/α,β-unsaturated/α-hetero) is 1. The summed E-state index contributed by atoms with van der Waals surface area (Å²) < 4.78 is 4.84. The molecule has 0 saturated carbocycles. The highest BCUT2D eigenvalue weighted by molar-refractivity contribution is 6.36. The van der Waals surface area contributed by atoms with Crippen molar-refractivity contribution in [3.8, 4) is 0 Å². The summed E-state index contributed by atoms with van der Waals surface area (Å²) in [5, 5.41) is 0. The largest absolute Gasteiger partial charge is 0.456 e. The first-order valence-electron chi connectivity index (χ1n) is 3.91. The van der Waals surface area contributed by atoms with Gasteiger partial charge in [0.25, 0.3) is 0 Å². The van der Waals surface area contributed by atoms with Gasteiger partial charge in [-0.2, -0.15) is 0 Å². The van der Waals surface area contributed by atoms with E-state index < -0.39 is 5.97 Å². The second-order valence-electron chi connectivity index (χ2n) is 2.89. The highest BCUT2D eigenvalue weighted by Crippen LogP contribution is 2.21. The van der Waals surface area contributed by atoms with E-state index in [9.17, 15) is 9.59 Å². The molecule has 0 aromatic carbocycles. The zero-order valence-corrected chi connectivity index (χ0v) is 6.79. The van der Waals surface area contributed by atoms with Gasteiger partial charge in [0.05, 0.1) is 5.92 Å². The van der Waals surface area contributed by atoms with E-state index in [4.69, 9.17) is 4.74 Å². The Balaban J connectivity index is 2.59. The molecule has 3 heteroatoms. The zero-order valence-electron chi connectivity index (χ0n) is 6.79. The summed E-state index contributed by atoms with van der Waals surface area (Å²) in [5.74, 6) is -1.26. The molecule has 0 N–H and O–H groups in total. The van der Waals surface area contributed by atoms with E-state index in [1.54, 1.807) is 6.92 Å². The van der Waals surface area contributed by atoms with Crippen molar-refractivity contribution in [2.24, 2.45) is 5.92 Å². The summed E-state index contributed by atoms with van der Waals surface area (Å²) in [5.41, 5.74) is 0. The molecule has 0 radical (unpaired) electrons. The molecule has 62 valence electrons. The van der Waals surface area contributed by atoms with Gasteiger partial charge in [-0.1, -0.05) is 20.3 Å². The average Bonchev–Trinajstić information content (AvgIpc) is 2.19. The van der Waals surface area contributed by atoms with Gasteiger partial charge in [-0.05, 0) is 6.42 Å². The molecule has 1 heterocycles. The van der Waals surface area contributed by atoms with Gasteiger partial charge in [0, 0.05) is 0 Å². The molecular weight excluding hydrogens is 144 g/mol.